The summed E-state index contributed by atoms with van der Waals surface area (Å²) >= 11 is 0. The lowest BCUT2D eigenvalue weighted by atomic mass is 9.90. The third-order valence-electron chi connectivity index (χ3n) is 6.30. The predicted molar refractivity (Wildman–Crippen MR) is 148 cm³/mol. The molecule has 0 bridgehead atoms. The van der Waals surface area contributed by atoms with Gasteiger partial charge in [-0.25, -0.2) is 0 Å². The first-order chi connectivity index (χ1) is 15.9. The van der Waals surface area contributed by atoms with Crippen LogP contribution in [0.15, 0.2) is 59.6 Å². The lowest BCUT2D eigenvalue weighted by Crippen LogP contribution is -2.49. The number of rotatable bonds is 5. The molecule has 2 aromatic carbocycles. The Morgan fingerprint density at radius 2 is 1.74 bits per heavy atom. The number of carbonyl (C=O) groups is 1. The van der Waals surface area contributed by atoms with Crippen LogP contribution in [0.25, 0.3) is 0 Å². The van der Waals surface area contributed by atoms with Crippen molar-refractivity contribution in [3.8, 4) is 5.75 Å². The average molecular weight is 578 g/mol. The first-order valence-corrected chi connectivity index (χ1v) is 11.8. The van der Waals surface area contributed by atoms with Crippen LogP contribution in [0.4, 0.5) is 5.69 Å². The van der Waals surface area contributed by atoms with E-state index in [0.29, 0.717) is 18.9 Å². The number of benzene rings is 2. The number of fused-ring (bicyclic) bond motifs is 1. The predicted octanol–water partition coefficient (Wildman–Crippen LogP) is 3.81. The van der Waals surface area contributed by atoms with Gasteiger partial charge in [-0.3, -0.25) is 9.79 Å². The Labute approximate surface area is 220 Å². The largest absolute Gasteiger partial charge is 0.487 e. The van der Waals surface area contributed by atoms with E-state index in [1.165, 1.54) is 5.69 Å². The number of para-hydroxylation sites is 2. The number of hydrogen-bond acceptors (Lipinski definition) is 4. The second kappa shape index (κ2) is 11.8. The summed E-state index contributed by atoms with van der Waals surface area (Å²) in [6, 6.07) is 18.6. The number of halogens is 1. The summed E-state index contributed by atoms with van der Waals surface area (Å²) < 4.78 is 6.13. The zero-order valence-electron chi connectivity index (χ0n) is 20.3. The number of nitrogens with one attached hydrogen (secondary N) is 2. The Morgan fingerprint density at radius 3 is 2.44 bits per heavy atom. The minimum absolute atomic E-state index is 0. The molecule has 1 unspecified atom stereocenters. The van der Waals surface area contributed by atoms with Gasteiger partial charge in [0.25, 0.3) is 0 Å². The highest BCUT2D eigenvalue weighted by atomic mass is 127. The normalized spacial score (nSPS) is 19.4. The molecule has 0 aliphatic carbocycles. The molecule has 0 saturated carbocycles. The van der Waals surface area contributed by atoms with E-state index in [9.17, 15) is 4.79 Å². The van der Waals surface area contributed by atoms with Crippen LogP contribution < -0.4 is 20.3 Å². The van der Waals surface area contributed by atoms with E-state index in [2.05, 4.69) is 64.7 Å². The summed E-state index contributed by atoms with van der Waals surface area (Å²) in [5.41, 5.74) is 2.09. The van der Waals surface area contributed by atoms with Crippen molar-refractivity contribution in [3.05, 3.63) is 60.2 Å². The maximum atomic E-state index is 12.7. The van der Waals surface area contributed by atoms with Gasteiger partial charge in [0.2, 0.25) is 5.91 Å². The number of aliphatic imine (C=N–C) groups is 1. The number of nitrogens with zero attached hydrogens (tertiary/aromatic N) is 3. The van der Waals surface area contributed by atoms with Crippen molar-refractivity contribution in [1.29, 1.82) is 0 Å². The van der Waals surface area contributed by atoms with Crippen LogP contribution in [0.5, 0.6) is 5.75 Å². The molecule has 2 heterocycles. The highest BCUT2D eigenvalue weighted by Crippen LogP contribution is 2.39. The molecule has 0 aromatic heterocycles. The number of carbonyl (C=O) groups excluding carboxylic acids is 1. The molecular formula is C26H36IN5O2. The smallest absolute Gasteiger partial charge is 0.224 e. The van der Waals surface area contributed by atoms with Gasteiger partial charge in [0, 0.05) is 63.9 Å². The average Bonchev–Trinajstić information content (AvgIpc) is 2.83. The molecule has 1 amide bonds. The molecule has 184 valence electrons. The van der Waals surface area contributed by atoms with Gasteiger partial charge in [-0.2, -0.15) is 0 Å². The maximum Gasteiger partial charge on any atom is 0.224 e. The summed E-state index contributed by atoms with van der Waals surface area (Å²) in [6.45, 7) is 8.00. The van der Waals surface area contributed by atoms with Gasteiger partial charge < -0.3 is 25.2 Å². The lowest BCUT2D eigenvalue weighted by molar-refractivity contribution is -0.131. The third-order valence-corrected chi connectivity index (χ3v) is 6.30. The fraction of sp³-hybridized carbons (Fsp3) is 0.462. The maximum absolute atomic E-state index is 12.7. The van der Waals surface area contributed by atoms with E-state index in [1.807, 2.05) is 29.2 Å². The van der Waals surface area contributed by atoms with Crippen LogP contribution >= 0.6 is 24.0 Å². The second-order valence-corrected chi connectivity index (χ2v) is 9.25. The van der Waals surface area contributed by atoms with Crippen LogP contribution in [0.2, 0.25) is 0 Å². The Hall–Kier alpha value is -2.49. The van der Waals surface area contributed by atoms with Crippen LogP contribution in [-0.4, -0.2) is 62.1 Å². The molecule has 1 saturated heterocycles. The van der Waals surface area contributed by atoms with Gasteiger partial charge in [-0.1, -0.05) is 36.4 Å². The Bertz CT molecular complexity index is 974. The lowest BCUT2D eigenvalue weighted by Gasteiger charge is -2.38. The number of anilines is 1. The van der Waals surface area contributed by atoms with Gasteiger partial charge in [0.05, 0.1) is 6.04 Å². The Morgan fingerprint density at radius 1 is 1.06 bits per heavy atom. The minimum atomic E-state index is -0.261. The highest BCUT2D eigenvalue weighted by molar-refractivity contribution is 14.0. The van der Waals surface area contributed by atoms with Crippen LogP contribution in [0, 0.1) is 0 Å². The number of hydrogen-bond donors (Lipinski definition) is 2. The Kier molecular flexibility index (Phi) is 9.04. The second-order valence-electron chi connectivity index (χ2n) is 9.25. The van der Waals surface area contributed by atoms with Crippen molar-refractivity contribution in [1.82, 2.24) is 15.5 Å². The summed E-state index contributed by atoms with van der Waals surface area (Å²) in [4.78, 5) is 21.4. The van der Waals surface area contributed by atoms with Crippen molar-refractivity contribution in [2.45, 2.75) is 38.3 Å². The third kappa shape index (κ3) is 6.55. The van der Waals surface area contributed by atoms with Crippen LogP contribution in [-0.2, 0) is 4.79 Å². The van der Waals surface area contributed by atoms with E-state index >= 15 is 0 Å². The SMILES string of the molecule is CN=C(NCCC(=O)N1CCN(c2ccccc2)CC1)NC1CC(C)(C)Oc2ccccc21.I. The van der Waals surface area contributed by atoms with Gasteiger partial charge in [0.15, 0.2) is 5.96 Å². The number of piperazine rings is 1. The van der Waals surface area contributed by atoms with Crippen molar-refractivity contribution >= 4 is 41.5 Å². The monoisotopic (exact) mass is 577 g/mol. The van der Waals surface area contributed by atoms with E-state index in [1.54, 1.807) is 7.05 Å². The molecule has 8 heteroatoms. The summed E-state index contributed by atoms with van der Waals surface area (Å²) in [7, 11) is 1.76. The summed E-state index contributed by atoms with van der Waals surface area (Å²) in [6.07, 6.45) is 1.28. The van der Waals surface area contributed by atoms with Crippen LogP contribution in [0.3, 0.4) is 0 Å². The van der Waals surface area contributed by atoms with Gasteiger partial charge in [0.1, 0.15) is 11.4 Å². The number of amides is 1. The first-order valence-electron chi connectivity index (χ1n) is 11.8. The molecule has 1 atom stereocenters. The van der Waals surface area contributed by atoms with Gasteiger partial charge >= 0.3 is 0 Å². The summed E-state index contributed by atoms with van der Waals surface area (Å²) in [5.74, 6) is 1.80. The van der Waals surface area contributed by atoms with E-state index in [-0.39, 0.29) is 41.5 Å². The van der Waals surface area contributed by atoms with E-state index in [0.717, 1.165) is 43.9 Å². The molecule has 0 radical (unpaired) electrons. The molecule has 2 aromatic rings. The zero-order valence-corrected chi connectivity index (χ0v) is 22.6. The molecule has 4 rings (SSSR count). The van der Waals surface area contributed by atoms with E-state index in [4.69, 9.17) is 4.74 Å². The molecule has 7 nitrogen and oxygen atoms in total. The summed E-state index contributed by atoms with van der Waals surface area (Å²) in [5, 5.41) is 6.84. The number of guanidine groups is 1. The molecule has 0 spiro atoms. The van der Waals surface area contributed by atoms with E-state index < -0.39 is 0 Å². The number of ether oxygens (including phenoxy) is 1. The standard InChI is InChI=1S/C26H35N5O2.HI/c1-26(2)19-22(21-11-7-8-12-23(21)33-26)29-25(27-3)28-14-13-24(32)31-17-15-30(16-18-31)20-9-5-4-6-10-20;/h4-12,22H,13-19H2,1-3H3,(H2,27,28,29);1H. The Balaban J connectivity index is 0.00000324. The van der Waals surface area contributed by atoms with Gasteiger partial charge in [-0.15, -0.1) is 24.0 Å². The quantitative estimate of drug-likeness (QED) is 0.322. The van der Waals surface area contributed by atoms with Crippen molar-refractivity contribution in [2.75, 3.05) is 44.7 Å². The zero-order chi connectivity index (χ0) is 23.3. The molecule has 2 aliphatic rings. The topological polar surface area (TPSA) is 69.2 Å². The van der Waals surface area contributed by atoms with Crippen molar-refractivity contribution in [3.63, 3.8) is 0 Å². The minimum Gasteiger partial charge on any atom is -0.487 e. The molecule has 2 aliphatic heterocycles. The fourth-order valence-corrected chi connectivity index (χ4v) is 4.59. The van der Waals surface area contributed by atoms with Crippen LogP contribution in [0.1, 0.15) is 38.3 Å². The molecular weight excluding hydrogens is 541 g/mol. The van der Waals surface area contributed by atoms with Crippen molar-refractivity contribution in [2.24, 2.45) is 4.99 Å². The molecule has 2 N–H and O–H groups in total. The van der Waals surface area contributed by atoms with Crippen molar-refractivity contribution < 1.29 is 9.53 Å². The fourth-order valence-electron chi connectivity index (χ4n) is 4.59. The van der Waals surface area contributed by atoms with Gasteiger partial charge in [-0.05, 0) is 32.0 Å². The molecule has 34 heavy (non-hydrogen) atoms. The first kappa shape index (κ1) is 26.1. The highest BCUT2D eigenvalue weighted by Gasteiger charge is 2.34. The molecule has 1 fully saturated rings.